The summed E-state index contributed by atoms with van der Waals surface area (Å²) < 4.78 is 0. The minimum atomic E-state index is -0.0551. The van der Waals surface area contributed by atoms with Crippen molar-refractivity contribution in [1.82, 2.24) is 30.2 Å². The van der Waals surface area contributed by atoms with Crippen molar-refractivity contribution in [3.8, 4) is 0 Å². The van der Waals surface area contributed by atoms with Gasteiger partial charge >= 0.3 is 0 Å². The van der Waals surface area contributed by atoms with Gasteiger partial charge in [0.15, 0.2) is 0 Å². The Balaban J connectivity index is 1.71. The number of hydrogen-bond acceptors (Lipinski definition) is 5. The van der Waals surface area contributed by atoms with Crippen molar-refractivity contribution in [3.05, 3.63) is 42.0 Å². The number of H-pyrrole nitrogens is 1. The van der Waals surface area contributed by atoms with E-state index in [2.05, 4.69) is 30.2 Å². The maximum Gasteiger partial charge on any atom is 0.217 e. The van der Waals surface area contributed by atoms with Gasteiger partial charge in [0.1, 0.15) is 11.6 Å². The molecule has 3 rings (SSSR count). The topological polar surface area (TPSA) is 86.8 Å². The molecule has 1 atom stereocenters. The van der Waals surface area contributed by atoms with Crippen LogP contribution in [0.2, 0.25) is 0 Å². The standard InChI is InChI=1S/C15H20N6O/c1-11(22)19-9-12-4-5-18-15(20-12)13-3-2-8-21(13)10-14-16-6-7-17-14/h4-7,13H,2-3,8-10H2,1H3,(H,16,17)(H,19,22). The van der Waals surface area contributed by atoms with Gasteiger partial charge in [0.25, 0.3) is 0 Å². The number of rotatable bonds is 5. The predicted molar refractivity (Wildman–Crippen MR) is 80.5 cm³/mol. The van der Waals surface area contributed by atoms with E-state index >= 15 is 0 Å². The number of nitrogens with one attached hydrogen (secondary N) is 2. The van der Waals surface area contributed by atoms with Gasteiger partial charge in [-0.25, -0.2) is 15.0 Å². The van der Waals surface area contributed by atoms with E-state index in [0.717, 1.165) is 43.3 Å². The van der Waals surface area contributed by atoms with Crippen LogP contribution in [0.5, 0.6) is 0 Å². The molecule has 0 saturated carbocycles. The van der Waals surface area contributed by atoms with E-state index in [1.807, 2.05) is 12.3 Å². The highest BCUT2D eigenvalue weighted by Crippen LogP contribution is 2.30. The van der Waals surface area contributed by atoms with Crippen molar-refractivity contribution in [2.75, 3.05) is 6.54 Å². The third-order valence-electron chi connectivity index (χ3n) is 3.82. The van der Waals surface area contributed by atoms with E-state index in [9.17, 15) is 4.79 Å². The first-order valence-corrected chi connectivity index (χ1v) is 7.51. The molecule has 1 aliphatic heterocycles. The molecule has 1 aliphatic rings. The first-order chi connectivity index (χ1) is 10.7. The number of likely N-dealkylation sites (tertiary alicyclic amines) is 1. The van der Waals surface area contributed by atoms with Gasteiger partial charge in [-0.1, -0.05) is 0 Å². The van der Waals surface area contributed by atoms with E-state index in [-0.39, 0.29) is 11.9 Å². The molecule has 7 heteroatoms. The summed E-state index contributed by atoms with van der Waals surface area (Å²) in [5.74, 6) is 1.73. The minimum Gasteiger partial charge on any atom is -0.351 e. The summed E-state index contributed by atoms with van der Waals surface area (Å²) in [6.07, 6.45) is 7.55. The lowest BCUT2D eigenvalue weighted by Gasteiger charge is -2.22. The summed E-state index contributed by atoms with van der Waals surface area (Å²) in [6.45, 7) is 3.74. The number of hydrogen-bond donors (Lipinski definition) is 2. The minimum absolute atomic E-state index is 0.0551. The zero-order valence-corrected chi connectivity index (χ0v) is 12.6. The van der Waals surface area contributed by atoms with E-state index in [0.29, 0.717) is 6.54 Å². The Labute approximate surface area is 129 Å². The second-order valence-electron chi connectivity index (χ2n) is 5.48. The SMILES string of the molecule is CC(=O)NCc1ccnc(C2CCCN2Cc2ncc[nH]2)n1. The Bertz CT molecular complexity index is 627. The Kier molecular flexibility index (Phi) is 4.43. The first-order valence-electron chi connectivity index (χ1n) is 7.51. The summed E-state index contributed by atoms with van der Waals surface area (Å²) in [4.78, 5) is 29.8. The summed E-state index contributed by atoms with van der Waals surface area (Å²) in [5.41, 5.74) is 0.838. The summed E-state index contributed by atoms with van der Waals surface area (Å²) in [7, 11) is 0. The highest BCUT2D eigenvalue weighted by atomic mass is 16.1. The zero-order valence-electron chi connectivity index (χ0n) is 12.6. The van der Waals surface area contributed by atoms with E-state index in [1.54, 1.807) is 12.4 Å². The van der Waals surface area contributed by atoms with Gasteiger partial charge in [0, 0.05) is 25.5 Å². The zero-order chi connectivity index (χ0) is 15.4. The van der Waals surface area contributed by atoms with Crippen molar-refractivity contribution in [3.63, 3.8) is 0 Å². The van der Waals surface area contributed by atoms with E-state index < -0.39 is 0 Å². The third-order valence-corrected chi connectivity index (χ3v) is 3.82. The lowest BCUT2D eigenvalue weighted by Crippen LogP contribution is -2.26. The van der Waals surface area contributed by atoms with Crippen LogP contribution >= 0.6 is 0 Å². The fourth-order valence-corrected chi connectivity index (χ4v) is 2.77. The largest absolute Gasteiger partial charge is 0.351 e. The number of amides is 1. The lowest BCUT2D eigenvalue weighted by molar-refractivity contribution is -0.119. The van der Waals surface area contributed by atoms with Crippen molar-refractivity contribution in [2.45, 2.75) is 38.9 Å². The van der Waals surface area contributed by atoms with Crippen LogP contribution < -0.4 is 5.32 Å². The molecule has 0 bridgehead atoms. The van der Waals surface area contributed by atoms with Crippen LogP contribution in [0.15, 0.2) is 24.7 Å². The van der Waals surface area contributed by atoms with Crippen LogP contribution in [0.4, 0.5) is 0 Å². The van der Waals surface area contributed by atoms with Crippen molar-refractivity contribution in [1.29, 1.82) is 0 Å². The molecule has 116 valence electrons. The maximum atomic E-state index is 11.0. The molecule has 1 unspecified atom stereocenters. The summed E-state index contributed by atoms with van der Waals surface area (Å²) >= 11 is 0. The van der Waals surface area contributed by atoms with Gasteiger partial charge in [0.05, 0.1) is 24.8 Å². The number of imidazole rings is 1. The molecule has 3 heterocycles. The van der Waals surface area contributed by atoms with Gasteiger partial charge in [-0.05, 0) is 25.5 Å². The average Bonchev–Trinajstić information content (AvgIpc) is 3.18. The number of aromatic nitrogens is 4. The van der Waals surface area contributed by atoms with Gasteiger partial charge < -0.3 is 10.3 Å². The highest BCUT2D eigenvalue weighted by Gasteiger charge is 2.28. The number of carbonyl (C=O) groups excluding carboxylic acids is 1. The van der Waals surface area contributed by atoms with Gasteiger partial charge in [-0.15, -0.1) is 0 Å². The van der Waals surface area contributed by atoms with Crippen LogP contribution in [-0.4, -0.2) is 37.3 Å². The molecule has 2 aromatic rings. The molecule has 0 spiro atoms. The Morgan fingerprint density at radius 3 is 3.14 bits per heavy atom. The average molecular weight is 300 g/mol. The molecule has 1 amide bonds. The molecule has 7 nitrogen and oxygen atoms in total. The third kappa shape index (κ3) is 3.48. The van der Waals surface area contributed by atoms with Crippen molar-refractivity contribution < 1.29 is 4.79 Å². The molecule has 22 heavy (non-hydrogen) atoms. The molecular formula is C15H20N6O. The molecule has 1 saturated heterocycles. The van der Waals surface area contributed by atoms with E-state index in [1.165, 1.54) is 6.92 Å². The van der Waals surface area contributed by atoms with Crippen LogP contribution in [0, 0.1) is 0 Å². The molecule has 2 N–H and O–H groups in total. The normalized spacial score (nSPS) is 18.5. The van der Waals surface area contributed by atoms with Gasteiger partial charge in [-0.2, -0.15) is 0 Å². The molecule has 2 aromatic heterocycles. The van der Waals surface area contributed by atoms with E-state index in [4.69, 9.17) is 0 Å². The second kappa shape index (κ2) is 6.65. The Hall–Kier alpha value is -2.28. The highest BCUT2D eigenvalue weighted by molar-refractivity contribution is 5.72. The smallest absolute Gasteiger partial charge is 0.217 e. The summed E-state index contributed by atoms with van der Waals surface area (Å²) in [5, 5.41) is 2.77. The predicted octanol–water partition coefficient (Wildman–Crippen LogP) is 1.17. The fourth-order valence-electron chi connectivity index (χ4n) is 2.77. The van der Waals surface area contributed by atoms with Crippen LogP contribution in [-0.2, 0) is 17.9 Å². The fraction of sp³-hybridized carbons (Fsp3) is 0.467. The molecule has 0 radical (unpaired) electrons. The summed E-state index contributed by atoms with van der Waals surface area (Å²) in [6, 6.07) is 2.05. The Morgan fingerprint density at radius 2 is 2.36 bits per heavy atom. The van der Waals surface area contributed by atoms with Crippen LogP contribution in [0.1, 0.15) is 43.1 Å². The second-order valence-corrected chi connectivity index (χ2v) is 5.48. The molecular weight excluding hydrogens is 280 g/mol. The maximum absolute atomic E-state index is 11.0. The Morgan fingerprint density at radius 1 is 1.45 bits per heavy atom. The van der Waals surface area contributed by atoms with Crippen LogP contribution in [0.3, 0.4) is 0 Å². The molecule has 0 aromatic carbocycles. The monoisotopic (exact) mass is 300 g/mol. The van der Waals surface area contributed by atoms with Crippen molar-refractivity contribution >= 4 is 5.91 Å². The van der Waals surface area contributed by atoms with Gasteiger partial charge in [-0.3, -0.25) is 9.69 Å². The quantitative estimate of drug-likeness (QED) is 0.865. The van der Waals surface area contributed by atoms with Crippen molar-refractivity contribution in [2.24, 2.45) is 0 Å². The number of carbonyl (C=O) groups is 1. The number of nitrogens with zero attached hydrogens (tertiary/aromatic N) is 4. The number of aromatic amines is 1. The molecule has 0 aliphatic carbocycles. The lowest BCUT2D eigenvalue weighted by atomic mass is 10.2. The molecule has 1 fully saturated rings. The van der Waals surface area contributed by atoms with Crippen LogP contribution in [0.25, 0.3) is 0 Å². The first kappa shape index (κ1) is 14.6. The van der Waals surface area contributed by atoms with Gasteiger partial charge in [0.2, 0.25) is 5.91 Å².